The minimum absolute atomic E-state index is 1.27. The molecule has 0 bridgehead atoms. The van der Waals surface area contributed by atoms with Crippen molar-refractivity contribution in [2.45, 2.75) is 64.2 Å². The van der Waals surface area contributed by atoms with Crippen LogP contribution < -0.4 is 0 Å². The molecule has 0 amide bonds. The Morgan fingerprint density at radius 1 is 0.565 bits per heavy atom. The smallest absolute Gasteiger partial charge is 0.0214 e. The van der Waals surface area contributed by atoms with Crippen molar-refractivity contribution in [3.63, 3.8) is 0 Å². The van der Waals surface area contributed by atoms with Gasteiger partial charge in [-0.1, -0.05) is 74.9 Å². The third-order valence-electron chi connectivity index (χ3n) is 5.63. The summed E-state index contributed by atoms with van der Waals surface area (Å²) in [6.45, 7) is 0. The maximum Gasteiger partial charge on any atom is 0.0214 e. The van der Waals surface area contributed by atoms with E-state index >= 15 is 0 Å². The first-order valence-electron chi connectivity index (χ1n) is 9.52. The molecule has 2 aliphatic rings. The van der Waals surface area contributed by atoms with Crippen LogP contribution >= 0.6 is 0 Å². The predicted octanol–water partition coefficient (Wildman–Crippen LogP) is 6.49. The molecule has 0 aliphatic heterocycles. The first kappa shape index (κ1) is 15.0. The molecule has 0 N–H and O–H groups in total. The largest absolute Gasteiger partial charge is 0.0619 e. The number of rotatable bonds is 0. The molecule has 0 atom stereocenters. The van der Waals surface area contributed by atoms with Crippen molar-refractivity contribution in [3.05, 3.63) is 65.1 Å². The summed E-state index contributed by atoms with van der Waals surface area (Å²) in [5, 5.41) is 0. The first-order chi connectivity index (χ1) is 11.4. The van der Waals surface area contributed by atoms with Crippen LogP contribution in [0, 0.1) is 6.42 Å². The van der Waals surface area contributed by atoms with Gasteiger partial charge in [0.05, 0.1) is 0 Å². The Labute approximate surface area is 140 Å². The molecule has 0 aromatic heterocycles. The summed E-state index contributed by atoms with van der Waals surface area (Å²) in [6, 6.07) is 13.7. The summed E-state index contributed by atoms with van der Waals surface area (Å²) in [7, 11) is 0. The Morgan fingerprint density at radius 3 is 2.09 bits per heavy atom. The van der Waals surface area contributed by atoms with Gasteiger partial charge in [0.2, 0.25) is 0 Å². The summed E-state index contributed by atoms with van der Waals surface area (Å²) < 4.78 is 0. The van der Waals surface area contributed by atoms with E-state index in [9.17, 15) is 0 Å². The van der Waals surface area contributed by atoms with Gasteiger partial charge < -0.3 is 0 Å². The Morgan fingerprint density at radius 2 is 1.26 bits per heavy atom. The summed E-state index contributed by atoms with van der Waals surface area (Å²) in [4.78, 5) is 0. The second-order valence-corrected chi connectivity index (χ2v) is 7.22. The summed E-state index contributed by atoms with van der Waals surface area (Å²) in [5.74, 6) is 0. The van der Waals surface area contributed by atoms with E-state index in [4.69, 9.17) is 0 Å². The van der Waals surface area contributed by atoms with E-state index < -0.39 is 0 Å². The van der Waals surface area contributed by atoms with Crippen molar-refractivity contribution in [2.75, 3.05) is 0 Å². The third-order valence-corrected chi connectivity index (χ3v) is 5.63. The number of hydrogen-bond acceptors (Lipinski definition) is 0. The molecule has 4 rings (SSSR count). The minimum atomic E-state index is 1.27. The van der Waals surface area contributed by atoms with Crippen LogP contribution in [-0.2, 0) is 12.8 Å². The average molecular weight is 303 g/mol. The molecule has 0 spiro atoms. The Kier molecular flexibility index (Phi) is 4.50. The van der Waals surface area contributed by atoms with Gasteiger partial charge in [0.1, 0.15) is 0 Å². The summed E-state index contributed by atoms with van der Waals surface area (Å²) >= 11 is 0. The lowest BCUT2D eigenvalue weighted by molar-refractivity contribution is 0.559. The van der Waals surface area contributed by atoms with Crippen LogP contribution in [0.5, 0.6) is 0 Å². The zero-order chi connectivity index (χ0) is 15.5. The molecule has 0 saturated carbocycles. The fourth-order valence-corrected chi connectivity index (χ4v) is 4.34. The lowest BCUT2D eigenvalue weighted by atomic mass is 9.89. The van der Waals surface area contributed by atoms with Crippen LogP contribution in [0.15, 0.2) is 36.4 Å². The Balaban J connectivity index is 1.68. The fourth-order valence-electron chi connectivity index (χ4n) is 4.34. The van der Waals surface area contributed by atoms with Gasteiger partial charge >= 0.3 is 0 Å². The van der Waals surface area contributed by atoms with E-state index in [0.29, 0.717) is 0 Å². The SMILES string of the molecule is [CH]1c2ccccc2-c2ccc3c(c21)CCCCCCCCCC3. The quantitative estimate of drug-likeness (QED) is 0.445. The molecule has 0 heterocycles. The van der Waals surface area contributed by atoms with Crippen molar-refractivity contribution in [3.8, 4) is 11.1 Å². The molecule has 0 heteroatoms. The minimum Gasteiger partial charge on any atom is -0.0619 e. The fraction of sp³-hybridized carbons (Fsp3) is 0.435. The molecule has 2 aromatic carbocycles. The monoisotopic (exact) mass is 303 g/mol. The van der Waals surface area contributed by atoms with E-state index in [2.05, 4.69) is 42.8 Å². The topological polar surface area (TPSA) is 0 Å². The molecule has 0 unspecified atom stereocenters. The lowest BCUT2D eigenvalue weighted by Crippen LogP contribution is -2.01. The molecule has 1 radical (unpaired) electrons. The van der Waals surface area contributed by atoms with Crippen LogP contribution in [0.2, 0.25) is 0 Å². The van der Waals surface area contributed by atoms with E-state index in [0.717, 1.165) is 0 Å². The number of aryl methyl sites for hydroxylation is 1. The van der Waals surface area contributed by atoms with Crippen molar-refractivity contribution < 1.29 is 0 Å². The van der Waals surface area contributed by atoms with E-state index in [-0.39, 0.29) is 0 Å². The van der Waals surface area contributed by atoms with Gasteiger partial charge in [-0.05, 0) is 59.1 Å². The normalized spacial score (nSPS) is 18.3. The Hall–Kier alpha value is -1.56. The highest BCUT2D eigenvalue weighted by Crippen LogP contribution is 2.41. The maximum atomic E-state index is 2.44. The van der Waals surface area contributed by atoms with Crippen molar-refractivity contribution in [1.29, 1.82) is 0 Å². The highest BCUT2D eigenvalue weighted by molar-refractivity contribution is 5.82. The highest BCUT2D eigenvalue weighted by Gasteiger charge is 2.22. The molecule has 0 fully saturated rings. The second-order valence-electron chi connectivity index (χ2n) is 7.22. The Bertz CT molecular complexity index is 680. The van der Waals surface area contributed by atoms with E-state index in [1.165, 1.54) is 86.5 Å². The third kappa shape index (κ3) is 3.09. The molecular weight excluding hydrogens is 276 g/mol. The molecular formula is C23H27. The number of hydrogen-bond donors (Lipinski definition) is 0. The van der Waals surface area contributed by atoms with Crippen LogP contribution in [-0.4, -0.2) is 0 Å². The predicted molar refractivity (Wildman–Crippen MR) is 98.7 cm³/mol. The molecule has 119 valence electrons. The molecule has 0 saturated heterocycles. The maximum absolute atomic E-state index is 2.44. The average Bonchev–Trinajstić information content (AvgIpc) is 2.94. The van der Waals surface area contributed by atoms with Gasteiger partial charge in [-0.2, -0.15) is 0 Å². The van der Waals surface area contributed by atoms with Gasteiger partial charge in [-0.3, -0.25) is 0 Å². The number of benzene rings is 2. The van der Waals surface area contributed by atoms with Gasteiger partial charge in [-0.15, -0.1) is 0 Å². The first-order valence-corrected chi connectivity index (χ1v) is 9.52. The van der Waals surface area contributed by atoms with E-state index in [1.807, 2.05) is 0 Å². The van der Waals surface area contributed by atoms with Crippen LogP contribution in [0.3, 0.4) is 0 Å². The van der Waals surface area contributed by atoms with Gasteiger partial charge in [0, 0.05) is 6.42 Å². The molecule has 2 aliphatic carbocycles. The van der Waals surface area contributed by atoms with Crippen molar-refractivity contribution in [2.24, 2.45) is 0 Å². The van der Waals surface area contributed by atoms with Crippen LogP contribution in [0.4, 0.5) is 0 Å². The second kappa shape index (κ2) is 6.91. The number of fused-ring (bicyclic) bond motifs is 5. The van der Waals surface area contributed by atoms with Gasteiger partial charge in [-0.25, -0.2) is 0 Å². The van der Waals surface area contributed by atoms with Crippen molar-refractivity contribution >= 4 is 0 Å². The van der Waals surface area contributed by atoms with E-state index in [1.54, 1.807) is 11.1 Å². The van der Waals surface area contributed by atoms with Gasteiger partial charge in [0.15, 0.2) is 0 Å². The zero-order valence-corrected chi connectivity index (χ0v) is 14.1. The highest BCUT2D eigenvalue weighted by atomic mass is 14.3. The molecule has 2 aromatic rings. The molecule has 23 heavy (non-hydrogen) atoms. The van der Waals surface area contributed by atoms with Crippen molar-refractivity contribution in [1.82, 2.24) is 0 Å². The van der Waals surface area contributed by atoms with Crippen LogP contribution in [0.1, 0.15) is 73.6 Å². The standard InChI is InChI=1S/C23H27/c1-2-4-6-8-13-20-18(11-7-5-3-1)15-16-22-21-14-10-9-12-19(21)17-23(20)22/h9-10,12,14-17H,1-8,11,13H2. The zero-order valence-electron chi connectivity index (χ0n) is 14.1. The summed E-state index contributed by atoms with van der Waals surface area (Å²) in [6.07, 6.45) is 16.2. The van der Waals surface area contributed by atoms with Gasteiger partial charge in [0.25, 0.3) is 0 Å². The lowest BCUT2D eigenvalue weighted by Gasteiger charge is -2.16. The summed E-state index contributed by atoms with van der Waals surface area (Å²) in [5.41, 5.74) is 9.10. The van der Waals surface area contributed by atoms with Crippen LogP contribution in [0.25, 0.3) is 11.1 Å². The molecule has 0 nitrogen and oxygen atoms in total.